The van der Waals surface area contributed by atoms with Crippen LogP contribution in [0, 0.1) is 0 Å². The van der Waals surface area contributed by atoms with Crippen LogP contribution in [-0.2, 0) is 13.5 Å². The van der Waals surface area contributed by atoms with Gasteiger partial charge in [-0.2, -0.15) is 5.10 Å². The number of anilines is 2. The minimum absolute atomic E-state index is 0.123. The first-order valence-corrected chi connectivity index (χ1v) is 7.79. The van der Waals surface area contributed by atoms with Crippen molar-refractivity contribution in [2.24, 2.45) is 7.05 Å². The molecule has 0 aliphatic rings. The van der Waals surface area contributed by atoms with Crippen LogP contribution in [-0.4, -0.2) is 14.8 Å². The fourth-order valence-corrected chi connectivity index (χ4v) is 2.97. The number of hydrogen-bond donors (Lipinski definition) is 2. The van der Waals surface area contributed by atoms with E-state index >= 15 is 0 Å². The Labute approximate surface area is 124 Å². The van der Waals surface area contributed by atoms with Gasteiger partial charge in [0.05, 0.1) is 17.4 Å². The summed E-state index contributed by atoms with van der Waals surface area (Å²) >= 11 is 1.74. The lowest BCUT2D eigenvalue weighted by Crippen LogP contribution is -2.11. The van der Waals surface area contributed by atoms with Gasteiger partial charge in [0, 0.05) is 18.1 Å². The van der Waals surface area contributed by atoms with Crippen LogP contribution < -0.4 is 11.1 Å². The number of nitrogen functional groups attached to an aromatic ring is 1. The lowest BCUT2D eigenvalue weighted by molar-refractivity contribution is 0.708. The number of nitrogens with two attached hydrogens (primary N) is 1. The minimum Gasteiger partial charge on any atom is -0.394 e. The smallest absolute Gasteiger partial charge is 0.148 e. The molecule has 5 nitrogen and oxygen atoms in total. The largest absolute Gasteiger partial charge is 0.394 e. The quantitative estimate of drug-likeness (QED) is 0.887. The van der Waals surface area contributed by atoms with Gasteiger partial charge in [-0.3, -0.25) is 4.68 Å². The van der Waals surface area contributed by atoms with Crippen LogP contribution in [0.3, 0.4) is 0 Å². The normalized spacial score (nSPS) is 12.9. The Morgan fingerprint density at radius 2 is 2.10 bits per heavy atom. The molecule has 6 heteroatoms. The maximum absolute atomic E-state index is 6.20. The molecule has 2 aromatic rings. The van der Waals surface area contributed by atoms with E-state index in [0.717, 1.165) is 28.6 Å². The maximum atomic E-state index is 6.20. The predicted octanol–water partition coefficient (Wildman–Crippen LogP) is 3.32. The molecule has 110 valence electrons. The zero-order valence-corrected chi connectivity index (χ0v) is 13.6. The summed E-state index contributed by atoms with van der Waals surface area (Å²) in [5, 5.41) is 9.00. The average Bonchev–Trinajstić information content (AvgIpc) is 2.98. The molecular weight excluding hydrogens is 270 g/mol. The van der Waals surface area contributed by atoms with Crippen molar-refractivity contribution in [1.29, 1.82) is 0 Å². The topological polar surface area (TPSA) is 68.8 Å². The summed E-state index contributed by atoms with van der Waals surface area (Å²) in [6.45, 7) is 8.43. The van der Waals surface area contributed by atoms with Crippen LogP contribution in [0.25, 0.3) is 0 Å². The Hall–Kier alpha value is -1.56. The Balaban J connectivity index is 2.21. The fourth-order valence-electron chi connectivity index (χ4n) is 2.11. The van der Waals surface area contributed by atoms with Gasteiger partial charge in [0.25, 0.3) is 0 Å². The average molecular weight is 293 g/mol. The number of aromatic nitrogens is 3. The van der Waals surface area contributed by atoms with Crippen molar-refractivity contribution in [3.8, 4) is 0 Å². The van der Waals surface area contributed by atoms with Crippen molar-refractivity contribution in [1.82, 2.24) is 14.8 Å². The third-order valence-corrected chi connectivity index (χ3v) is 4.63. The van der Waals surface area contributed by atoms with E-state index in [4.69, 9.17) is 5.73 Å². The number of hydrogen-bond acceptors (Lipinski definition) is 5. The Morgan fingerprint density at radius 3 is 2.60 bits per heavy atom. The zero-order valence-electron chi connectivity index (χ0n) is 12.8. The molecule has 0 aliphatic carbocycles. The van der Waals surface area contributed by atoms with E-state index in [1.165, 1.54) is 4.88 Å². The van der Waals surface area contributed by atoms with Crippen molar-refractivity contribution in [2.75, 3.05) is 11.1 Å². The fraction of sp³-hybridized carbons (Fsp3) is 0.571. The molecule has 0 bridgehead atoms. The van der Waals surface area contributed by atoms with Crippen molar-refractivity contribution in [3.05, 3.63) is 21.8 Å². The van der Waals surface area contributed by atoms with Gasteiger partial charge < -0.3 is 11.1 Å². The highest BCUT2D eigenvalue weighted by Crippen LogP contribution is 2.31. The summed E-state index contributed by atoms with van der Waals surface area (Å²) in [4.78, 5) is 5.77. The molecule has 0 spiro atoms. The van der Waals surface area contributed by atoms with Crippen LogP contribution in [0.5, 0.6) is 0 Å². The van der Waals surface area contributed by atoms with Gasteiger partial charge in [0.1, 0.15) is 10.8 Å². The van der Waals surface area contributed by atoms with E-state index in [0.29, 0.717) is 5.92 Å². The standard InChI is InChI=1S/C14H23N5S/c1-6-10-7-16-14(20-10)9(4)17-13-11(15)12(8(2)3)18-19(13)5/h7-9,17H,6,15H2,1-5H3. The van der Waals surface area contributed by atoms with Crippen molar-refractivity contribution >= 4 is 22.8 Å². The number of rotatable bonds is 5. The van der Waals surface area contributed by atoms with Crippen molar-refractivity contribution < 1.29 is 0 Å². The summed E-state index contributed by atoms with van der Waals surface area (Å²) in [6, 6.07) is 0.123. The second-order valence-electron chi connectivity index (χ2n) is 5.31. The number of nitrogens with one attached hydrogen (secondary N) is 1. The molecule has 0 saturated heterocycles. The molecule has 1 atom stereocenters. The summed E-state index contributed by atoms with van der Waals surface area (Å²) < 4.78 is 1.81. The van der Waals surface area contributed by atoms with Crippen LogP contribution in [0.15, 0.2) is 6.20 Å². The Morgan fingerprint density at radius 1 is 1.40 bits per heavy atom. The van der Waals surface area contributed by atoms with Gasteiger partial charge >= 0.3 is 0 Å². The van der Waals surface area contributed by atoms with Crippen LogP contribution in [0.2, 0.25) is 0 Å². The third kappa shape index (κ3) is 2.80. The summed E-state index contributed by atoms with van der Waals surface area (Å²) in [5.41, 5.74) is 7.88. The lowest BCUT2D eigenvalue weighted by Gasteiger charge is -2.13. The van der Waals surface area contributed by atoms with Crippen molar-refractivity contribution in [3.63, 3.8) is 0 Å². The van der Waals surface area contributed by atoms with Gasteiger partial charge in [-0.15, -0.1) is 11.3 Å². The molecule has 2 rings (SSSR count). The molecule has 0 aromatic carbocycles. The highest BCUT2D eigenvalue weighted by molar-refractivity contribution is 7.11. The molecule has 0 amide bonds. The Kier molecular flexibility index (Phi) is 4.32. The van der Waals surface area contributed by atoms with Gasteiger partial charge in [0.15, 0.2) is 0 Å². The maximum Gasteiger partial charge on any atom is 0.148 e. The first kappa shape index (κ1) is 14.8. The second-order valence-corrected chi connectivity index (χ2v) is 6.46. The SMILES string of the molecule is CCc1cnc(C(C)Nc2c(N)c(C(C)C)nn2C)s1. The zero-order chi connectivity index (χ0) is 14.9. The third-order valence-electron chi connectivity index (χ3n) is 3.30. The second kappa shape index (κ2) is 5.83. The summed E-state index contributed by atoms with van der Waals surface area (Å²) in [6.07, 6.45) is 2.97. The Bertz CT molecular complexity index is 584. The van der Waals surface area contributed by atoms with Crippen LogP contribution >= 0.6 is 11.3 Å². The lowest BCUT2D eigenvalue weighted by atomic mass is 10.1. The van der Waals surface area contributed by atoms with Crippen LogP contribution in [0.1, 0.15) is 55.2 Å². The molecule has 20 heavy (non-hydrogen) atoms. The molecule has 0 fully saturated rings. The van der Waals surface area contributed by atoms with Crippen LogP contribution in [0.4, 0.5) is 11.5 Å². The molecule has 0 radical (unpaired) electrons. The molecule has 2 aromatic heterocycles. The minimum atomic E-state index is 0.123. The monoisotopic (exact) mass is 293 g/mol. The molecule has 0 aliphatic heterocycles. The van der Waals surface area contributed by atoms with E-state index in [1.807, 2.05) is 17.9 Å². The molecule has 0 saturated carbocycles. The first-order chi connectivity index (χ1) is 9.43. The van der Waals surface area contributed by atoms with Gasteiger partial charge in [-0.05, 0) is 19.3 Å². The highest BCUT2D eigenvalue weighted by Gasteiger charge is 2.19. The van der Waals surface area contributed by atoms with Gasteiger partial charge in [-0.25, -0.2) is 4.98 Å². The molecule has 2 heterocycles. The summed E-state index contributed by atoms with van der Waals surface area (Å²) in [5.74, 6) is 1.19. The van der Waals surface area contributed by atoms with Crippen molar-refractivity contribution in [2.45, 2.75) is 46.1 Å². The number of nitrogens with zero attached hydrogens (tertiary/aromatic N) is 3. The summed E-state index contributed by atoms with van der Waals surface area (Å²) in [7, 11) is 1.91. The van der Waals surface area contributed by atoms with Gasteiger partial charge in [0.2, 0.25) is 0 Å². The molecule has 3 N–H and O–H groups in total. The van der Waals surface area contributed by atoms with E-state index < -0.39 is 0 Å². The number of thiazole rings is 1. The van der Waals surface area contributed by atoms with E-state index in [1.54, 1.807) is 11.3 Å². The van der Waals surface area contributed by atoms with E-state index in [-0.39, 0.29) is 6.04 Å². The van der Waals surface area contributed by atoms with E-state index in [2.05, 4.69) is 43.1 Å². The van der Waals surface area contributed by atoms with Gasteiger partial charge in [-0.1, -0.05) is 20.8 Å². The number of aryl methyl sites for hydroxylation is 2. The molecule has 1 unspecified atom stereocenters. The first-order valence-electron chi connectivity index (χ1n) is 6.97. The predicted molar refractivity (Wildman–Crippen MR) is 85.2 cm³/mol. The highest BCUT2D eigenvalue weighted by atomic mass is 32.1. The van der Waals surface area contributed by atoms with E-state index in [9.17, 15) is 0 Å². The molecular formula is C14H23N5S.